The second kappa shape index (κ2) is 6.86. The van der Waals surface area contributed by atoms with Crippen LogP contribution in [0.4, 0.5) is 4.39 Å². The number of halogens is 1. The second-order valence-corrected chi connectivity index (χ2v) is 5.99. The highest BCUT2D eigenvalue weighted by atomic mass is 19.1. The first kappa shape index (κ1) is 15.7. The molecule has 0 saturated carbocycles. The van der Waals surface area contributed by atoms with Gasteiger partial charge in [-0.15, -0.1) is 0 Å². The Hall–Kier alpha value is -1.67. The number of aryl methyl sites for hydroxylation is 1. The summed E-state index contributed by atoms with van der Waals surface area (Å²) in [6, 6.07) is 13.9. The predicted octanol–water partition coefficient (Wildman–Crippen LogP) is 5.11. The van der Waals surface area contributed by atoms with Gasteiger partial charge in [0.05, 0.1) is 0 Å². The fourth-order valence-electron chi connectivity index (χ4n) is 2.38. The summed E-state index contributed by atoms with van der Waals surface area (Å²) >= 11 is 0. The van der Waals surface area contributed by atoms with Crippen LogP contribution in [0.25, 0.3) is 0 Å². The molecule has 0 radical (unpaired) electrons. The van der Waals surface area contributed by atoms with Crippen molar-refractivity contribution in [3.63, 3.8) is 0 Å². The Morgan fingerprint density at radius 1 is 0.952 bits per heavy atom. The zero-order valence-corrected chi connectivity index (χ0v) is 13.3. The average Bonchev–Trinajstić information content (AvgIpc) is 2.48. The van der Waals surface area contributed by atoms with E-state index in [0.29, 0.717) is 12.5 Å². The summed E-state index contributed by atoms with van der Waals surface area (Å²) in [6.07, 6.45) is 0. The zero-order valence-electron chi connectivity index (χ0n) is 13.3. The largest absolute Gasteiger partial charge is 0.306 e. The van der Waals surface area contributed by atoms with Gasteiger partial charge in [0.15, 0.2) is 0 Å². The van der Waals surface area contributed by atoms with Crippen molar-refractivity contribution in [3.05, 3.63) is 70.5 Å². The molecule has 2 aromatic carbocycles. The molecule has 1 unspecified atom stereocenters. The van der Waals surface area contributed by atoms with Crippen molar-refractivity contribution in [2.24, 2.45) is 0 Å². The molecule has 0 fully saturated rings. The van der Waals surface area contributed by atoms with E-state index in [1.165, 1.54) is 17.2 Å². The zero-order chi connectivity index (χ0) is 15.4. The molecule has 0 heterocycles. The molecule has 112 valence electrons. The monoisotopic (exact) mass is 285 g/mol. The van der Waals surface area contributed by atoms with Gasteiger partial charge in [-0.1, -0.05) is 44.2 Å². The van der Waals surface area contributed by atoms with Crippen molar-refractivity contribution >= 4 is 0 Å². The van der Waals surface area contributed by atoms with E-state index in [1.807, 2.05) is 13.0 Å². The molecule has 0 spiro atoms. The number of rotatable bonds is 5. The highest BCUT2D eigenvalue weighted by Gasteiger charge is 2.07. The van der Waals surface area contributed by atoms with Crippen LogP contribution in [0.1, 0.15) is 55.0 Å². The molecule has 1 nitrogen and oxygen atoms in total. The van der Waals surface area contributed by atoms with E-state index in [4.69, 9.17) is 0 Å². The molecule has 0 saturated heterocycles. The van der Waals surface area contributed by atoms with Crippen molar-refractivity contribution < 1.29 is 4.39 Å². The molecule has 2 aromatic rings. The van der Waals surface area contributed by atoms with Gasteiger partial charge in [-0.05, 0) is 54.2 Å². The Morgan fingerprint density at radius 3 is 2.19 bits per heavy atom. The smallest absolute Gasteiger partial charge is 0.123 e. The van der Waals surface area contributed by atoms with Gasteiger partial charge in [0.2, 0.25) is 0 Å². The molecular weight excluding hydrogens is 261 g/mol. The van der Waals surface area contributed by atoms with Crippen molar-refractivity contribution in [2.45, 2.75) is 46.2 Å². The van der Waals surface area contributed by atoms with Gasteiger partial charge in [0.1, 0.15) is 5.82 Å². The summed E-state index contributed by atoms with van der Waals surface area (Å²) < 4.78 is 13.3. The van der Waals surface area contributed by atoms with Crippen LogP contribution in [0.15, 0.2) is 42.5 Å². The molecule has 2 rings (SSSR count). The van der Waals surface area contributed by atoms with E-state index in [0.717, 1.165) is 11.1 Å². The van der Waals surface area contributed by atoms with Gasteiger partial charge in [-0.3, -0.25) is 0 Å². The fourth-order valence-corrected chi connectivity index (χ4v) is 2.38. The van der Waals surface area contributed by atoms with Gasteiger partial charge < -0.3 is 5.32 Å². The maximum absolute atomic E-state index is 13.3. The van der Waals surface area contributed by atoms with Crippen LogP contribution in [0.3, 0.4) is 0 Å². The third-order valence-corrected chi connectivity index (χ3v) is 4.01. The Balaban J connectivity index is 2.01. The van der Waals surface area contributed by atoms with Crippen LogP contribution in [0, 0.1) is 12.7 Å². The number of hydrogen-bond donors (Lipinski definition) is 1. The number of nitrogens with one attached hydrogen (secondary N) is 1. The Kier molecular flexibility index (Phi) is 5.13. The number of benzene rings is 2. The maximum atomic E-state index is 13.3. The van der Waals surface area contributed by atoms with E-state index in [1.54, 1.807) is 6.07 Å². The third kappa shape index (κ3) is 4.15. The maximum Gasteiger partial charge on any atom is 0.123 e. The first-order valence-corrected chi connectivity index (χ1v) is 7.55. The lowest BCUT2D eigenvalue weighted by Crippen LogP contribution is -2.18. The lowest BCUT2D eigenvalue weighted by Gasteiger charge is -2.16. The minimum absolute atomic E-state index is 0.175. The van der Waals surface area contributed by atoms with Crippen molar-refractivity contribution in [1.29, 1.82) is 0 Å². The Bertz CT molecular complexity index is 587. The van der Waals surface area contributed by atoms with E-state index in [9.17, 15) is 4.39 Å². The molecule has 0 bridgehead atoms. The lowest BCUT2D eigenvalue weighted by molar-refractivity contribution is 0.567. The van der Waals surface area contributed by atoms with E-state index in [-0.39, 0.29) is 11.9 Å². The average molecular weight is 285 g/mol. The highest BCUT2D eigenvalue weighted by molar-refractivity contribution is 5.28. The van der Waals surface area contributed by atoms with Gasteiger partial charge in [0, 0.05) is 12.6 Å². The minimum Gasteiger partial charge on any atom is -0.306 e. The lowest BCUT2D eigenvalue weighted by atomic mass is 9.99. The van der Waals surface area contributed by atoms with Crippen LogP contribution in [-0.4, -0.2) is 0 Å². The normalized spacial score (nSPS) is 12.7. The van der Waals surface area contributed by atoms with Crippen LogP contribution in [0.5, 0.6) is 0 Å². The molecule has 0 amide bonds. The molecule has 0 aliphatic carbocycles. The van der Waals surface area contributed by atoms with Crippen molar-refractivity contribution in [2.75, 3.05) is 0 Å². The summed E-state index contributed by atoms with van der Waals surface area (Å²) in [6.45, 7) is 9.22. The summed E-state index contributed by atoms with van der Waals surface area (Å²) in [5, 5.41) is 3.47. The van der Waals surface area contributed by atoms with E-state index < -0.39 is 0 Å². The van der Waals surface area contributed by atoms with Gasteiger partial charge in [-0.25, -0.2) is 4.39 Å². The third-order valence-electron chi connectivity index (χ3n) is 4.01. The SMILES string of the molecule is Cc1ccc(F)cc1CNC(C)c1ccc(C(C)C)cc1. The summed E-state index contributed by atoms with van der Waals surface area (Å²) in [5.41, 5.74) is 4.74. The molecule has 0 aromatic heterocycles. The van der Waals surface area contributed by atoms with Gasteiger partial charge >= 0.3 is 0 Å². The molecule has 0 aliphatic rings. The summed E-state index contributed by atoms with van der Waals surface area (Å²) in [5.74, 6) is 0.378. The van der Waals surface area contributed by atoms with Crippen LogP contribution in [0.2, 0.25) is 0 Å². The second-order valence-electron chi connectivity index (χ2n) is 5.99. The standard InChI is InChI=1S/C19H24FN/c1-13(2)16-6-8-17(9-7-16)15(4)21-12-18-11-19(20)10-5-14(18)3/h5-11,13,15,21H,12H2,1-4H3. The van der Waals surface area contributed by atoms with Crippen molar-refractivity contribution in [1.82, 2.24) is 5.32 Å². The molecule has 1 atom stereocenters. The van der Waals surface area contributed by atoms with Crippen molar-refractivity contribution in [3.8, 4) is 0 Å². The molecule has 0 aliphatic heterocycles. The quantitative estimate of drug-likeness (QED) is 0.805. The predicted molar refractivity (Wildman–Crippen MR) is 86.9 cm³/mol. The molecule has 2 heteroatoms. The first-order valence-electron chi connectivity index (χ1n) is 7.55. The first-order chi connectivity index (χ1) is 9.97. The van der Waals surface area contributed by atoms with Gasteiger partial charge in [-0.2, -0.15) is 0 Å². The molecule has 1 N–H and O–H groups in total. The Morgan fingerprint density at radius 2 is 1.57 bits per heavy atom. The highest BCUT2D eigenvalue weighted by Crippen LogP contribution is 2.19. The van der Waals surface area contributed by atoms with Crippen LogP contribution in [-0.2, 0) is 6.54 Å². The van der Waals surface area contributed by atoms with Gasteiger partial charge in [0.25, 0.3) is 0 Å². The van der Waals surface area contributed by atoms with Crippen LogP contribution >= 0.6 is 0 Å². The summed E-state index contributed by atoms with van der Waals surface area (Å²) in [7, 11) is 0. The number of hydrogen-bond acceptors (Lipinski definition) is 1. The topological polar surface area (TPSA) is 12.0 Å². The molecule has 21 heavy (non-hydrogen) atoms. The summed E-state index contributed by atoms with van der Waals surface area (Å²) in [4.78, 5) is 0. The van der Waals surface area contributed by atoms with E-state index >= 15 is 0 Å². The Labute approximate surface area is 127 Å². The minimum atomic E-state index is -0.175. The molecular formula is C19H24FN. The van der Waals surface area contributed by atoms with Crippen LogP contribution < -0.4 is 5.32 Å². The van der Waals surface area contributed by atoms with E-state index in [2.05, 4.69) is 50.4 Å². The fraction of sp³-hybridized carbons (Fsp3) is 0.368.